The summed E-state index contributed by atoms with van der Waals surface area (Å²) in [6.07, 6.45) is 2.62. The van der Waals surface area contributed by atoms with Crippen molar-refractivity contribution in [1.82, 2.24) is 15.1 Å². The van der Waals surface area contributed by atoms with Crippen LogP contribution in [0, 0.1) is 5.92 Å². The van der Waals surface area contributed by atoms with Crippen molar-refractivity contribution in [1.29, 1.82) is 0 Å². The molecule has 12 heteroatoms. The molecule has 180 valence electrons. The summed E-state index contributed by atoms with van der Waals surface area (Å²) >= 11 is 0. The van der Waals surface area contributed by atoms with E-state index in [-0.39, 0.29) is 23.0 Å². The Kier molecular flexibility index (Phi) is 6.60. The van der Waals surface area contributed by atoms with Gasteiger partial charge in [-0.25, -0.2) is 0 Å². The molecule has 0 radical (unpaired) electrons. The van der Waals surface area contributed by atoms with E-state index in [4.69, 9.17) is 4.42 Å². The van der Waals surface area contributed by atoms with Gasteiger partial charge >= 0.3 is 27.3 Å². The molecule has 0 unspecified atom stereocenters. The Bertz CT molecular complexity index is 1250. The normalized spacial score (nSPS) is 15.3. The zero-order chi connectivity index (χ0) is 24.3. The van der Waals surface area contributed by atoms with Gasteiger partial charge in [-0.15, -0.1) is 10.2 Å². The van der Waals surface area contributed by atoms with Gasteiger partial charge in [-0.3, -0.25) is 9.52 Å². The highest BCUT2D eigenvalue weighted by Crippen LogP contribution is 2.28. The van der Waals surface area contributed by atoms with Crippen LogP contribution in [0.15, 0.2) is 59.0 Å². The third kappa shape index (κ3) is 5.38. The van der Waals surface area contributed by atoms with E-state index in [1.807, 2.05) is 18.2 Å². The Balaban J connectivity index is 1.39. The minimum atomic E-state index is -5.57. The summed E-state index contributed by atoms with van der Waals surface area (Å²) < 4.78 is 67.4. The molecule has 1 aliphatic rings. The minimum Gasteiger partial charge on any atom is -0.412 e. The van der Waals surface area contributed by atoms with Crippen molar-refractivity contribution >= 4 is 21.6 Å². The van der Waals surface area contributed by atoms with Gasteiger partial charge < -0.3 is 9.32 Å². The molecule has 1 aliphatic heterocycles. The molecule has 8 nitrogen and oxygen atoms in total. The molecule has 0 spiro atoms. The summed E-state index contributed by atoms with van der Waals surface area (Å²) in [4.78, 5) is 14.4. The van der Waals surface area contributed by atoms with Gasteiger partial charge in [-0.05, 0) is 48.9 Å². The number of sulfonamides is 1. The molecule has 2 heterocycles. The van der Waals surface area contributed by atoms with Crippen molar-refractivity contribution in [3.63, 3.8) is 0 Å². The summed E-state index contributed by atoms with van der Waals surface area (Å²) in [6.45, 7) is 1.09. The Morgan fingerprint density at radius 3 is 2.44 bits per heavy atom. The molecular weight excluding hydrogens is 473 g/mol. The van der Waals surface area contributed by atoms with Crippen molar-refractivity contribution in [2.24, 2.45) is 5.92 Å². The Labute approximate surface area is 193 Å². The number of hydrogen-bond donors (Lipinski definition) is 1. The lowest BCUT2D eigenvalue weighted by Gasteiger charge is -2.31. The number of piperidine rings is 1. The van der Waals surface area contributed by atoms with E-state index in [2.05, 4.69) is 22.3 Å². The Morgan fingerprint density at radius 2 is 1.76 bits per heavy atom. The highest BCUT2D eigenvalue weighted by Gasteiger charge is 2.46. The first-order chi connectivity index (χ1) is 16.1. The monoisotopic (exact) mass is 494 g/mol. The van der Waals surface area contributed by atoms with E-state index in [9.17, 15) is 26.4 Å². The average Bonchev–Trinajstić information content (AvgIpc) is 3.29. The number of carbonyl (C=O) groups excluding carboxylic acids is 1. The number of likely N-dealkylation sites (tertiary alicyclic amines) is 1. The molecule has 3 aromatic rings. The summed E-state index contributed by atoms with van der Waals surface area (Å²) in [5.74, 6) is -0.313. The number of nitrogens with one attached hydrogen (secondary N) is 1. The maximum Gasteiger partial charge on any atom is 0.516 e. The highest BCUT2D eigenvalue weighted by molar-refractivity contribution is 7.93. The largest absolute Gasteiger partial charge is 0.516 e. The van der Waals surface area contributed by atoms with Crippen LogP contribution in [0.4, 0.5) is 18.9 Å². The molecule has 1 N–H and O–H groups in total. The predicted molar refractivity (Wildman–Crippen MR) is 117 cm³/mol. The van der Waals surface area contributed by atoms with Crippen LogP contribution >= 0.6 is 0 Å². The second kappa shape index (κ2) is 9.45. The van der Waals surface area contributed by atoms with Gasteiger partial charge in [0.2, 0.25) is 5.89 Å². The molecule has 1 aromatic heterocycles. The van der Waals surface area contributed by atoms with Gasteiger partial charge in [0, 0.05) is 24.3 Å². The quantitative estimate of drug-likeness (QED) is 0.553. The second-order valence-corrected chi connectivity index (χ2v) is 9.64. The van der Waals surface area contributed by atoms with E-state index in [1.54, 1.807) is 4.90 Å². The molecular formula is C22H21F3N4O4S. The van der Waals surface area contributed by atoms with E-state index < -0.39 is 21.4 Å². The first-order valence-corrected chi connectivity index (χ1v) is 12.0. The van der Waals surface area contributed by atoms with Crippen LogP contribution in [-0.2, 0) is 16.4 Å². The zero-order valence-electron chi connectivity index (χ0n) is 17.8. The minimum absolute atomic E-state index is 0.115. The third-order valence-corrected chi connectivity index (χ3v) is 6.66. The van der Waals surface area contributed by atoms with Crippen molar-refractivity contribution in [3.05, 3.63) is 66.1 Å². The molecule has 2 aromatic carbocycles. The molecule has 34 heavy (non-hydrogen) atoms. The first-order valence-electron chi connectivity index (χ1n) is 10.5. The van der Waals surface area contributed by atoms with E-state index in [0.717, 1.165) is 31.4 Å². The van der Waals surface area contributed by atoms with Gasteiger partial charge in [0.25, 0.3) is 0 Å². The third-order valence-electron chi connectivity index (χ3n) is 5.54. The summed E-state index contributed by atoms with van der Waals surface area (Å²) in [5.41, 5.74) is -4.37. The van der Waals surface area contributed by atoms with Crippen LogP contribution in [0.1, 0.15) is 29.1 Å². The number of benzene rings is 2. The van der Waals surface area contributed by atoms with Crippen LogP contribution in [-0.4, -0.2) is 48.0 Å². The van der Waals surface area contributed by atoms with Crippen molar-refractivity contribution < 1.29 is 30.8 Å². The van der Waals surface area contributed by atoms with E-state index in [0.29, 0.717) is 19.0 Å². The smallest absolute Gasteiger partial charge is 0.412 e. The average molecular weight is 494 g/mol. The van der Waals surface area contributed by atoms with Crippen LogP contribution in [0.5, 0.6) is 0 Å². The van der Waals surface area contributed by atoms with Gasteiger partial charge in [-0.1, -0.05) is 36.4 Å². The van der Waals surface area contributed by atoms with E-state index in [1.165, 1.54) is 22.4 Å². The Hall–Kier alpha value is -3.41. The van der Waals surface area contributed by atoms with Crippen LogP contribution in [0.3, 0.4) is 0 Å². The number of aromatic nitrogens is 2. The molecule has 0 atom stereocenters. The lowest BCUT2D eigenvalue weighted by atomic mass is 9.90. The highest BCUT2D eigenvalue weighted by atomic mass is 32.2. The molecule has 1 fully saturated rings. The summed E-state index contributed by atoms with van der Waals surface area (Å²) in [5, 5.41) is 7.57. The summed E-state index contributed by atoms with van der Waals surface area (Å²) in [6, 6.07) is 15.2. The standard InChI is InChI=1S/C22H21F3N4O4S/c23-22(24,25)34(31,32)28-18-8-4-7-17(14-18)19-26-27-20(33-19)21(30)29-11-9-16(10-12-29)13-15-5-2-1-3-6-15/h1-8,14,16,28H,9-13H2. The number of anilines is 1. The SMILES string of the molecule is O=C(c1nnc(-c2cccc(NS(=O)(=O)C(F)(F)F)c2)o1)N1CCC(Cc2ccccc2)CC1. The van der Waals surface area contributed by atoms with Gasteiger partial charge in [0.05, 0.1) is 0 Å². The fraction of sp³-hybridized carbons (Fsp3) is 0.318. The molecule has 0 bridgehead atoms. The first kappa shape index (κ1) is 23.7. The number of nitrogens with zero attached hydrogens (tertiary/aromatic N) is 3. The zero-order valence-corrected chi connectivity index (χ0v) is 18.6. The fourth-order valence-electron chi connectivity index (χ4n) is 3.78. The molecule has 0 aliphatic carbocycles. The van der Waals surface area contributed by atoms with Gasteiger partial charge in [0.1, 0.15) is 0 Å². The van der Waals surface area contributed by atoms with Gasteiger partial charge in [-0.2, -0.15) is 21.6 Å². The fourth-order valence-corrected chi connectivity index (χ4v) is 4.33. The number of rotatable bonds is 6. The maximum atomic E-state index is 12.8. The molecule has 1 saturated heterocycles. The van der Waals surface area contributed by atoms with Crippen LogP contribution in [0.25, 0.3) is 11.5 Å². The molecule has 4 rings (SSSR count). The maximum absolute atomic E-state index is 12.8. The topological polar surface area (TPSA) is 105 Å². The van der Waals surface area contributed by atoms with E-state index >= 15 is 0 Å². The number of alkyl halides is 3. The predicted octanol–water partition coefficient (Wildman–Crippen LogP) is 4.09. The molecule has 1 amide bonds. The number of hydrogen-bond acceptors (Lipinski definition) is 6. The van der Waals surface area contributed by atoms with Crippen molar-refractivity contribution in [3.8, 4) is 11.5 Å². The van der Waals surface area contributed by atoms with Crippen molar-refractivity contribution in [2.45, 2.75) is 24.8 Å². The van der Waals surface area contributed by atoms with Crippen LogP contribution in [0.2, 0.25) is 0 Å². The second-order valence-electron chi connectivity index (χ2n) is 7.97. The number of amides is 1. The summed E-state index contributed by atoms with van der Waals surface area (Å²) in [7, 11) is -5.57. The van der Waals surface area contributed by atoms with Crippen molar-refractivity contribution in [2.75, 3.05) is 17.8 Å². The van der Waals surface area contributed by atoms with Crippen LogP contribution < -0.4 is 4.72 Å². The lowest BCUT2D eigenvalue weighted by molar-refractivity contribution is -0.0429. The molecule has 0 saturated carbocycles. The lowest BCUT2D eigenvalue weighted by Crippen LogP contribution is -2.39. The number of carbonyl (C=O) groups is 1. The number of halogens is 3. The van der Waals surface area contributed by atoms with Gasteiger partial charge in [0.15, 0.2) is 0 Å². The Morgan fingerprint density at radius 1 is 1.06 bits per heavy atom.